The molecule has 18 aromatic rings. The average Bonchev–Trinajstić information content (AvgIpc) is 1.24. The predicted octanol–water partition coefficient (Wildman–Crippen LogP) is 29.5. The molecule has 10 heterocycles. The maximum absolute atomic E-state index is 6.63. The van der Waals surface area contributed by atoms with Crippen molar-refractivity contribution in [3.63, 3.8) is 0 Å². The number of ether oxygens (including phenoxy) is 8. The second kappa shape index (κ2) is 39.0. The number of H-pyrrole nitrogens is 4. The van der Waals surface area contributed by atoms with Crippen LogP contribution in [0.5, 0.6) is 46.0 Å². The van der Waals surface area contributed by atoms with Crippen LogP contribution in [0.25, 0.3) is 214 Å². The zero-order valence-electron chi connectivity index (χ0n) is 78.4. The number of benzene rings is 12. The van der Waals surface area contributed by atoms with Crippen LogP contribution in [0.4, 0.5) is 11.4 Å². The summed E-state index contributed by atoms with van der Waals surface area (Å²) in [4.78, 5) is 37.7. The van der Waals surface area contributed by atoms with Crippen LogP contribution in [-0.4, -0.2) is 109 Å². The molecule has 0 spiro atoms. The van der Waals surface area contributed by atoms with E-state index < -0.39 is 0 Å². The molecule has 0 fully saturated rings. The number of nitrogens with one attached hydrogen (secondary N) is 6. The minimum Gasteiger partial charge on any atom is -0.497 e. The van der Waals surface area contributed by atoms with Crippen LogP contribution in [0.2, 0.25) is 0 Å². The number of nitrogens with zero attached hydrogens (tertiary/aromatic N) is 4. The topological polar surface area (TPSA) is 213 Å². The van der Waals surface area contributed by atoms with Gasteiger partial charge in [0.1, 0.15) is 46.0 Å². The summed E-state index contributed by atoms with van der Waals surface area (Å²) in [7, 11) is 10.1. The first-order valence-electron chi connectivity index (χ1n) is 47.2. The van der Waals surface area contributed by atoms with E-state index in [2.05, 4.69) is 322 Å². The van der Waals surface area contributed by atoms with Gasteiger partial charge in [0.15, 0.2) is 0 Å². The first-order chi connectivity index (χ1) is 69.1. The molecule has 18 heteroatoms. The lowest BCUT2D eigenvalue weighted by atomic mass is 9.91. The fourth-order valence-electron chi connectivity index (χ4n) is 19.5. The number of hydrogen-bond donors (Lipinski definition) is 6. The Balaban J connectivity index is 0.511. The Morgan fingerprint density at radius 2 is 0.400 bits per heavy atom. The molecule has 4 aliphatic rings. The van der Waals surface area contributed by atoms with Gasteiger partial charge in [0.2, 0.25) is 0 Å². The highest BCUT2D eigenvalue weighted by atomic mass is 16.5. The smallest absolute Gasteiger partial charge is 0.119 e. The molecule has 16 bridgehead atoms. The summed E-state index contributed by atoms with van der Waals surface area (Å²) in [5, 5.41) is 12.6. The second-order valence-corrected chi connectivity index (χ2v) is 34.8. The van der Waals surface area contributed by atoms with E-state index in [0.717, 1.165) is 286 Å². The average molecular weight is 1830 g/mol. The number of methoxy groups -OCH3 is 6. The molecule has 12 aromatic carbocycles. The van der Waals surface area contributed by atoms with Crippen molar-refractivity contribution in [2.75, 3.05) is 79.6 Å². The maximum Gasteiger partial charge on any atom is 0.119 e. The van der Waals surface area contributed by atoms with E-state index in [1.54, 1.807) is 42.7 Å². The van der Waals surface area contributed by atoms with Gasteiger partial charge in [-0.05, 0) is 298 Å². The highest BCUT2D eigenvalue weighted by molar-refractivity contribution is 6.14. The third-order valence-electron chi connectivity index (χ3n) is 26.5. The predicted molar refractivity (Wildman–Crippen MR) is 574 cm³/mol. The Hall–Kier alpha value is -17.6. The lowest BCUT2D eigenvalue weighted by molar-refractivity contribution is 0.308. The standard InChI is InChI=1S/C122H100N10O8/c1-133-85-37-19-77(20-38-85)113-97-55-59-101(125-97)115(79-23-41-87(135-3)42-24-79)105-63-67-109(129-105)119(110-68-64-106(130-110)116(102-60-56-98(113)126-102)80-25-43-88(136-4)44-26-80)83-31-49-91(50-32-83)139-73-13-11-71-123-95-53-35-75-15-7-9-17-93(75)121(95)122-94-18-10-8-16-76(94)36-54-96(122)124-72-12-14-74-140-92-51-33-84(34-52-92)120-111-69-65-107(131-111)117(81-27-45-89(137-5)46-28-81)103-61-57-99(127-103)114(78-21-39-86(134-2)40-22-78)100-58-62-104(128-100)118(108-66-70-112(120)132-108)82-29-47-90(138-6)48-30-82/h7-10,15-70,123-125,127,130,132H,11-14,71-74H2,1-6H3. The van der Waals surface area contributed by atoms with Crippen molar-refractivity contribution in [2.45, 2.75) is 25.7 Å². The molecular formula is C122H100N10O8. The van der Waals surface area contributed by atoms with Crippen molar-refractivity contribution in [3.8, 4) is 146 Å². The molecule has 22 rings (SSSR count). The molecule has 0 unspecified atom stereocenters. The van der Waals surface area contributed by atoms with Crippen LogP contribution in [0.1, 0.15) is 71.2 Å². The van der Waals surface area contributed by atoms with Crippen LogP contribution < -0.4 is 48.5 Å². The van der Waals surface area contributed by atoms with Crippen molar-refractivity contribution >= 4 is 126 Å². The molecule has 686 valence electrons. The zero-order chi connectivity index (χ0) is 94.5. The summed E-state index contributed by atoms with van der Waals surface area (Å²) in [5.41, 5.74) is 33.2. The fourth-order valence-corrected chi connectivity index (χ4v) is 19.5. The van der Waals surface area contributed by atoms with E-state index >= 15 is 0 Å². The summed E-state index contributed by atoms with van der Waals surface area (Å²) < 4.78 is 47.2. The number of unbranched alkanes of at least 4 members (excludes halogenated alkanes) is 2. The van der Waals surface area contributed by atoms with Crippen molar-refractivity contribution in [1.29, 1.82) is 0 Å². The third kappa shape index (κ3) is 17.6. The van der Waals surface area contributed by atoms with Gasteiger partial charge in [0.05, 0.1) is 101 Å². The molecule has 0 amide bonds. The van der Waals surface area contributed by atoms with Gasteiger partial charge < -0.3 is 68.5 Å². The largest absolute Gasteiger partial charge is 0.497 e. The van der Waals surface area contributed by atoms with Gasteiger partial charge in [0.25, 0.3) is 0 Å². The normalized spacial score (nSPS) is 11.9. The van der Waals surface area contributed by atoms with E-state index in [1.165, 1.54) is 21.5 Å². The molecule has 0 saturated carbocycles. The number of aromatic amines is 4. The number of aromatic nitrogens is 8. The zero-order valence-corrected chi connectivity index (χ0v) is 78.4. The van der Waals surface area contributed by atoms with Crippen molar-refractivity contribution in [2.24, 2.45) is 0 Å². The molecular weight excluding hydrogens is 1730 g/mol. The SMILES string of the molecule is COc1ccc(-c2c3nc(c(-c4ccc(OC)cc4)c4ccc([nH]4)c(-c4ccc(OCCCCNc5ccc6ccccc6c5-c5c(NCCCCOc6ccc(-c7c8nc(c(-c9ccc(OC)cc9)c9ccc([nH]9)c(-c9ccc(OC)cc9)c9nc(c(-c%10ccc(OC)cc%10)c%10ccc7[nH]%10)C=C9)C=C8)cc6)ccc6ccccc56)cc4)c4nc(c(-c5ccc(OC)cc5)c5ccc2[nH]5)C=C4)C=C3)cc1. The Morgan fingerprint density at radius 1 is 0.200 bits per heavy atom. The van der Waals surface area contributed by atoms with E-state index in [9.17, 15) is 0 Å². The lowest BCUT2D eigenvalue weighted by Crippen LogP contribution is -2.08. The van der Waals surface area contributed by atoms with Gasteiger partial charge in [-0.1, -0.05) is 158 Å². The quantitative estimate of drug-likeness (QED) is 0.0241. The highest BCUT2D eigenvalue weighted by Crippen LogP contribution is 2.48. The van der Waals surface area contributed by atoms with Gasteiger partial charge >= 0.3 is 0 Å². The van der Waals surface area contributed by atoms with E-state index in [1.807, 2.05) is 72.8 Å². The molecule has 6 N–H and O–H groups in total. The Labute approximate surface area is 810 Å². The highest BCUT2D eigenvalue weighted by Gasteiger charge is 2.26. The minimum absolute atomic E-state index is 0.529. The number of rotatable bonds is 29. The van der Waals surface area contributed by atoms with E-state index in [-0.39, 0.29) is 0 Å². The molecule has 4 aliphatic heterocycles. The van der Waals surface area contributed by atoms with Gasteiger partial charge in [0, 0.05) is 124 Å². The van der Waals surface area contributed by atoms with Crippen molar-refractivity contribution in [3.05, 3.63) is 361 Å². The van der Waals surface area contributed by atoms with E-state index in [0.29, 0.717) is 13.2 Å². The first kappa shape index (κ1) is 87.7. The Kier molecular flexibility index (Phi) is 24.4. The van der Waals surface area contributed by atoms with Crippen LogP contribution in [-0.2, 0) is 0 Å². The number of hydrogen-bond acceptors (Lipinski definition) is 14. The van der Waals surface area contributed by atoms with Crippen LogP contribution in [0.15, 0.2) is 315 Å². The number of fused-ring (bicyclic) bond motifs is 18. The van der Waals surface area contributed by atoms with Crippen molar-refractivity contribution < 1.29 is 37.9 Å². The van der Waals surface area contributed by atoms with Crippen molar-refractivity contribution in [1.82, 2.24) is 39.9 Å². The Bertz CT molecular complexity index is 7680. The van der Waals surface area contributed by atoms with Crippen LogP contribution >= 0.6 is 0 Å². The summed E-state index contributed by atoms with van der Waals surface area (Å²) in [5.74, 6) is 6.13. The molecule has 0 aliphatic carbocycles. The van der Waals surface area contributed by atoms with Gasteiger partial charge in [-0.2, -0.15) is 0 Å². The lowest BCUT2D eigenvalue weighted by Gasteiger charge is -2.21. The fraction of sp³-hybridized carbons (Fsp3) is 0.115. The first-order valence-corrected chi connectivity index (χ1v) is 47.2. The summed E-state index contributed by atoms with van der Waals surface area (Å²) in [6.07, 6.45) is 20.3. The van der Waals surface area contributed by atoms with Gasteiger partial charge in [-0.15, -0.1) is 0 Å². The van der Waals surface area contributed by atoms with Gasteiger partial charge in [-0.25, -0.2) is 19.9 Å². The van der Waals surface area contributed by atoms with E-state index in [4.69, 9.17) is 57.8 Å². The molecule has 6 aromatic heterocycles. The van der Waals surface area contributed by atoms with Crippen LogP contribution in [0.3, 0.4) is 0 Å². The molecule has 18 nitrogen and oxygen atoms in total. The second-order valence-electron chi connectivity index (χ2n) is 34.8. The molecule has 0 atom stereocenters. The summed E-state index contributed by atoms with van der Waals surface area (Å²) in [6, 6.07) is 109. The minimum atomic E-state index is 0.529. The maximum atomic E-state index is 6.63. The Morgan fingerprint density at radius 3 is 0.607 bits per heavy atom. The third-order valence-corrected chi connectivity index (χ3v) is 26.5. The summed E-state index contributed by atoms with van der Waals surface area (Å²) >= 11 is 0. The summed E-state index contributed by atoms with van der Waals surface area (Å²) in [6.45, 7) is 2.52. The molecule has 0 saturated heterocycles. The number of anilines is 2. The monoisotopic (exact) mass is 1830 g/mol. The molecule has 140 heavy (non-hydrogen) atoms. The molecule has 0 radical (unpaired) electrons. The van der Waals surface area contributed by atoms with Crippen LogP contribution in [0, 0.1) is 0 Å². The van der Waals surface area contributed by atoms with Gasteiger partial charge in [-0.3, -0.25) is 0 Å².